The van der Waals surface area contributed by atoms with Crippen LogP contribution in [-0.2, 0) is 24.8 Å². The summed E-state index contributed by atoms with van der Waals surface area (Å²) in [4.78, 5) is 28.7. The summed E-state index contributed by atoms with van der Waals surface area (Å²) in [6, 6.07) is 11.6. The Hall–Kier alpha value is -3.52. The predicted molar refractivity (Wildman–Crippen MR) is 113 cm³/mol. The third kappa shape index (κ3) is 3.29. The Kier molecular flexibility index (Phi) is 4.78. The van der Waals surface area contributed by atoms with Gasteiger partial charge in [-0.25, -0.2) is 15.0 Å². The zero-order chi connectivity index (χ0) is 21.5. The van der Waals surface area contributed by atoms with E-state index in [1.54, 1.807) is 24.3 Å². The van der Waals surface area contributed by atoms with E-state index in [0.717, 1.165) is 22.8 Å². The Morgan fingerprint density at radius 3 is 2.77 bits per heavy atom. The van der Waals surface area contributed by atoms with E-state index in [-0.39, 0.29) is 12.0 Å². The first-order valence-electron chi connectivity index (χ1n) is 10.2. The van der Waals surface area contributed by atoms with E-state index in [1.807, 2.05) is 48.9 Å². The van der Waals surface area contributed by atoms with Gasteiger partial charge in [-0.05, 0) is 18.6 Å². The minimum atomic E-state index is -0.382. The molecule has 4 aromatic rings. The number of benzene rings is 1. The molecule has 8 heteroatoms. The number of methoxy groups -OCH3 is 1. The van der Waals surface area contributed by atoms with Crippen LogP contribution in [0.1, 0.15) is 45.2 Å². The molecule has 0 fully saturated rings. The molecule has 5 rings (SSSR count). The fourth-order valence-corrected chi connectivity index (χ4v) is 4.04. The Labute approximate surface area is 179 Å². The first-order valence-corrected chi connectivity index (χ1v) is 10.2. The molecular formula is C23H23N5O3. The van der Waals surface area contributed by atoms with Gasteiger partial charge in [-0.3, -0.25) is 4.79 Å². The first-order chi connectivity index (χ1) is 15.1. The minimum absolute atomic E-state index is 0.0768. The lowest BCUT2D eigenvalue weighted by atomic mass is 10.1. The second-order valence-corrected chi connectivity index (χ2v) is 7.67. The maximum absolute atomic E-state index is 13.3. The van der Waals surface area contributed by atoms with Crippen LogP contribution < -0.4 is 0 Å². The molecule has 0 aliphatic carbocycles. The standard InChI is InChI=1S/C23H23N5O3/c1-14-25-19-16(9-11-24-21(19)27(14)2)23(29)28-12-10-18-17(13-28)26-22(31-18)20(30-3)15-7-5-4-6-8-15/h4-9,11,20H,10,12-13H2,1-3H3. The van der Waals surface area contributed by atoms with Crippen molar-refractivity contribution in [2.45, 2.75) is 26.0 Å². The largest absolute Gasteiger partial charge is 0.442 e. The van der Waals surface area contributed by atoms with Gasteiger partial charge in [-0.2, -0.15) is 0 Å². The average molecular weight is 417 g/mol. The molecular weight excluding hydrogens is 394 g/mol. The van der Waals surface area contributed by atoms with Crippen LogP contribution in [0.5, 0.6) is 0 Å². The number of nitrogens with zero attached hydrogens (tertiary/aromatic N) is 5. The highest BCUT2D eigenvalue weighted by molar-refractivity contribution is 6.04. The molecule has 0 saturated heterocycles. The van der Waals surface area contributed by atoms with Crippen molar-refractivity contribution in [1.82, 2.24) is 24.4 Å². The van der Waals surface area contributed by atoms with Crippen LogP contribution in [0.3, 0.4) is 0 Å². The lowest BCUT2D eigenvalue weighted by Gasteiger charge is -2.25. The van der Waals surface area contributed by atoms with Crippen LogP contribution in [0, 0.1) is 6.92 Å². The summed E-state index contributed by atoms with van der Waals surface area (Å²) in [5, 5.41) is 0. The van der Waals surface area contributed by atoms with Crippen molar-refractivity contribution in [3.63, 3.8) is 0 Å². The van der Waals surface area contributed by atoms with E-state index in [4.69, 9.17) is 9.15 Å². The molecule has 1 atom stereocenters. The Bertz CT molecular complexity index is 1260. The smallest absolute Gasteiger partial charge is 0.256 e. The lowest BCUT2D eigenvalue weighted by molar-refractivity contribution is 0.0728. The highest BCUT2D eigenvalue weighted by Gasteiger charge is 2.30. The number of imidazole rings is 1. The predicted octanol–water partition coefficient (Wildman–Crippen LogP) is 3.20. The van der Waals surface area contributed by atoms with Gasteiger partial charge in [0.15, 0.2) is 11.8 Å². The second-order valence-electron chi connectivity index (χ2n) is 7.67. The second kappa shape index (κ2) is 7.63. The number of hydrogen-bond acceptors (Lipinski definition) is 6. The topological polar surface area (TPSA) is 86.3 Å². The fourth-order valence-electron chi connectivity index (χ4n) is 4.04. The SMILES string of the molecule is COC(c1ccccc1)c1nc2c(o1)CCN(C(=O)c1ccnc3c1nc(C)n3C)C2. The molecule has 0 spiro atoms. The van der Waals surface area contributed by atoms with Gasteiger partial charge < -0.3 is 18.6 Å². The molecule has 1 aliphatic rings. The number of hydrogen-bond donors (Lipinski definition) is 0. The number of rotatable bonds is 4. The normalized spacial score (nSPS) is 14.6. The van der Waals surface area contributed by atoms with Crippen molar-refractivity contribution in [2.24, 2.45) is 7.05 Å². The number of aryl methyl sites for hydroxylation is 2. The van der Waals surface area contributed by atoms with Gasteiger partial charge in [0.05, 0.1) is 12.1 Å². The number of carbonyl (C=O) groups is 1. The van der Waals surface area contributed by atoms with Crippen molar-refractivity contribution < 1.29 is 13.9 Å². The van der Waals surface area contributed by atoms with Crippen LogP contribution in [0.2, 0.25) is 0 Å². The van der Waals surface area contributed by atoms with Gasteiger partial charge in [0.25, 0.3) is 5.91 Å². The minimum Gasteiger partial charge on any atom is -0.442 e. The molecule has 8 nitrogen and oxygen atoms in total. The molecule has 0 N–H and O–H groups in total. The summed E-state index contributed by atoms with van der Waals surface area (Å²) in [5.41, 5.74) is 3.63. The highest BCUT2D eigenvalue weighted by Crippen LogP contribution is 2.30. The van der Waals surface area contributed by atoms with Crippen LogP contribution in [-0.4, -0.2) is 44.0 Å². The molecule has 1 aliphatic heterocycles. The van der Waals surface area contributed by atoms with Crippen LogP contribution in [0.25, 0.3) is 11.2 Å². The molecule has 31 heavy (non-hydrogen) atoms. The molecule has 0 saturated carbocycles. The van der Waals surface area contributed by atoms with Gasteiger partial charge in [-0.15, -0.1) is 0 Å². The van der Waals surface area contributed by atoms with Crippen LogP contribution >= 0.6 is 0 Å². The summed E-state index contributed by atoms with van der Waals surface area (Å²) >= 11 is 0. The van der Waals surface area contributed by atoms with E-state index in [9.17, 15) is 4.79 Å². The number of oxazole rings is 1. The Balaban J connectivity index is 1.43. The molecule has 158 valence electrons. The molecule has 3 aromatic heterocycles. The average Bonchev–Trinajstić information content (AvgIpc) is 3.34. The highest BCUT2D eigenvalue weighted by atomic mass is 16.5. The maximum Gasteiger partial charge on any atom is 0.256 e. The number of amides is 1. The number of fused-ring (bicyclic) bond motifs is 2. The van der Waals surface area contributed by atoms with E-state index in [1.165, 1.54) is 0 Å². The zero-order valence-electron chi connectivity index (χ0n) is 17.7. The Morgan fingerprint density at radius 2 is 2.00 bits per heavy atom. The number of carbonyl (C=O) groups excluding carboxylic acids is 1. The van der Waals surface area contributed by atoms with Crippen molar-refractivity contribution in [3.8, 4) is 0 Å². The summed E-state index contributed by atoms with van der Waals surface area (Å²) < 4.78 is 13.6. The number of pyridine rings is 1. The first kappa shape index (κ1) is 19.4. The van der Waals surface area contributed by atoms with Crippen LogP contribution in [0.15, 0.2) is 47.0 Å². The van der Waals surface area contributed by atoms with Gasteiger partial charge in [0.1, 0.15) is 22.8 Å². The summed E-state index contributed by atoms with van der Waals surface area (Å²) in [6.07, 6.45) is 1.88. The van der Waals surface area contributed by atoms with Crippen LogP contribution in [0.4, 0.5) is 0 Å². The third-order valence-corrected chi connectivity index (χ3v) is 5.81. The third-order valence-electron chi connectivity index (χ3n) is 5.81. The quantitative estimate of drug-likeness (QED) is 0.507. The molecule has 1 unspecified atom stereocenters. The number of aromatic nitrogens is 4. The van der Waals surface area contributed by atoms with Gasteiger partial charge in [0, 0.05) is 33.3 Å². The lowest BCUT2D eigenvalue weighted by Crippen LogP contribution is -2.36. The van der Waals surface area contributed by atoms with Gasteiger partial charge in [0.2, 0.25) is 5.89 Å². The molecule has 4 heterocycles. The molecule has 0 bridgehead atoms. The molecule has 1 aromatic carbocycles. The van der Waals surface area contributed by atoms with E-state index >= 15 is 0 Å². The maximum atomic E-state index is 13.3. The van der Waals surface area contributed by atoms with Crippen molar-refractivity contribution in [1.29, 1.82) is 0 Å². The van der Waals surface area contributed by atoms with Crippen molar-refractivity contribution in [3.05, 3.63) is 76.9 Å². The zero-order valence-corrected chi connectivity index (χ0v) is 17.7. The number of ether oxygens (including phenoxy) is 1. The van der Waals surface area contributed by atoms with E-state index < -0.39 is 0 Å². The molecule has 1 amide bonds. The van der Waals surface area contributed by atoms with E-state index in [0.29, 0.717) is 42.1 Å². The summed E-state index contributed by atoms with van der Waals surface area (Å²) in [5.74, 6) is 2.06. The van der Waals surface area contributed by atoms with Crippen molar-refractivity contribution in [2.75, 3.05) is 13.7 Å². The van der Waals surface area contributed by atoms with Gasteiger partial charge >= 0.3 is 0 Å². The fraction of sp³-hybridized carbons (Fsp3) is 0.304. The van der Waals surface area contributed by atoms with E-state index in [2.05, 4.69) is 15.0 Å². The van der Waals surface area contributed by atoms with Gasteiger partial charge in [-0.1, -0.05) is 30.3 Å². The van der Waals surface area contributed by atoms with Crippen molar-refractivity contribution >= 4 is 17.1 Å². The summed E-state index contributed by atoms with van der Waals surface area (Å²) in [6.45, 7) is 2.84. The summed E-state index contributed by atoms with van der Waals surface area (Å²) in [7, 11) is 3.54. The molecule has 0 radical (unpaired) electrons. The monoisotopic (exact) mass is 417 g/mol. The Morgan fingerprint density at radius 1 is 1.19 bits per heavy atom.